The van der Waals surface area contributed by atoms with Crippen molar-refractivity contribution < 1.29 is 9.59 Å². The van der Waals surface area contributed by atoms with Gasteiger partial charge in [-0.2, -0.15) is 10.2 Å². The molecule has 0 N–H and O–H groups in total. The van der Waals surface area contributed by atoms with Crippen molar-refractivity contribution in [2.24, 2.45) is 31.9 Å². The Balaban J connectivity index is 0.000000257. The summed E-state index contributed by atoms with van der Waals surface area (Å²) >= 11 is 0. The first-order valence-electron chi connectivity index (χ1n) is 9.27. The topological polar surface area (TPSA) is 58.9 Å². The Bertz CT molecular complexity index is 581. The molecular formula is C21H36N2O2. The van der Waals surface area contributed by atoms with Gasteiger partial charge in [0, 0.05) is 29.4 Å². The van der Waals surface area contributed by atoms with Gasteiger partial charge < -0.3 is 0 Å². The second-order valence-electron chi connectivity index (χ2n) is 10.3. The third kappa shape index (κ3) is 5.32. The summed E-state index contributed by atoms with van der Waals surface area (Å²) in [6.45, 7) is 19.8. The number of carbonyl (C=O) groups is 2. The second kappa shape index (κ2) is 7.13. The third-order valence-electron chi connectivity index (χ3n) is 5.84. The molecule has 0 amide bonds. The Morgan fingerprint density at radius 1 is 0.760 bits per heavy atom. The molecule has 142 valence electrons. The Morgan fingerprint density at radius 3 is 1.68 bits per heavy atom. The first kappa shape index (κ1) is 21.7. The highest BCUT2D eigenvalue weighted by Gasteiger charge is 2.44. The predicted molar refractivity (Wildman–Crippen MR) is 105 cm³/mol. The lowest BCUT2D eigenvalue weighted by Crippen LogP contribution is -2.45. The standard InChI is InChI=1S/C11H18N2O.C10H18O/c1-10(2)6-7-11(3,4)9(14)8(10)13-12-5;1-9(2)5-6-10(3,4)8(11)7-9/h5-7H2,1-4H3;5-7H2,1-4H3/b13-8+;. The van der Waals surface area contributed by atoms with Crippen LogP contribution in [0, 0.1) is 21.7 Å². The minimum absolute atomic E-state index is 0.0461. The van der Waals surface area contributed by atoms with Crippen LogP contribution < -0.4 is 0 Å². The van der Waals surface area contributed by atoms with E-state index in [0.29, 0.717) is 11.5 Å². The molecule has 0 aromatic carbocycles. The van der Waals surface area contributed by atoms with Crippen LogP contribution in [0.4, 0.5) is 0 Å². The van der Waals surface area contributed by atoms with Crippen LogP contribution in [0.1, 0.15) is 87.5 Å². The Hall–Kier alpha value is -1.32. The van der Waals surface area contributed by atoms with Gasteiger partial charge >= 0.3 is 0 Å². The van der Waals surface area contributed by atoms with Gasteiger partial charge in [-0.15, -0.1) is 0 Å². The van der Waals surface area contributed by atoms with E-state index in [9.17, 15) is 9.59 Å². The van der Waals surface area contributed by atoms with Crippen LogP contribution >= 0.6 is 0 Å². The summed E-state index contributed by atoms with van der Waals surface area (Å²) in [5.74, 6) is 0.551. The van der Waals surface area contributed by atoms with Crippen molar-refractivity contribution >= 4 is 24.0 Å². The monoisotopic (exact) mass is 348 g/mol. The zero-order valence-electron chi connectivity index (χ0n) is 17.5. The van der Waals surface area contributed by atoms with Crippen molar-refractivity contribution in [2.75, 3.05) is 0 Å². The Labute approximate surface area is 153 Å². The van der Waals surface area contributed by atoms with E-state index in [4.69, 9.17) is 0 Å². The molecule has 25 heavy (non-hydrogen) atoms. The number of nitrogens with zero attached hydrogens (tertiary/aromatic N) is 2. The van der Waals surface area contributed by atoms with Gasteiger partial charge in [0.2, 0.25) is 0 Å². The number of hydrogen-bond donors (Lipinski definition) is 0. The maximum absolute atomic E-state index is 12.0. The number of ketones is 2. The Kier molecular flexibility index (Phi) is 6.19. The number of hydrogen-bond acceptors (Lipinski definition) is 4. The average molecular weight is 349 g/mol. The van der Waals surface area contributed by atoms with Crippen LogP contribution in [0.2, 0.25) is 0 Å². The van der Waals surface area contributed by atoms with Gasteiger partial charge in [-0.25, -0.2) is 0 Å². The van der Waals surface area contributed by atoms with Gasteiger partial charge in [0.15, 0.2) is 5.78 Å². The lowest BCUT2D eigenvalue weighted by atomic mass is 9.65. The molecule has 2 fully saturated rings. The SMILES string of the molecule is C=N/N=C1\C(=O)C(C)(C)CCC1(C)C.CC1(C)CCC(C)(C)C(=O)C1. The van der Waals surface area contributed by atoms with Crippen molar-refractivity contribution in [1.29, 1.82) is 0 Å². The summed E-state index contributed by atoms with van der Waals surface area (Å²) in [4.78, 5) is 23.6. The van der Waals surface area contributed by atoms with Crippen molar-refractivity contribution in [2.45, 2.75) is 87.5 Å². The average Bonchev–Trinajstić information content (AvgIpc) is 2.46. The molecule has 0 spiro atoms. The molecule has 0 aliphatic heterocycles. The fourth-order valence-electron chi connectivity index (χ4n) is 3.29. The van der Waals surface area contributed by atoms with Gasteiger partial charge in [-0.3, -0.25) is 9.59 Å². The van der Waals surface area contributed by atoms with Gasteiger partial charge in [0.1, 0.15) is 11.5 Å². The first-order valence-corrected chi connectivity index (χ1v) is 9.27. The zero-order valence-corrected chi connectivity index (χ0v) is 17.5. The second-order valence-corrected chi connectivity index (χ2v) is 10.3. The highest BCUT2D eigenvalue weighted by molar-refractivity contribution is 6.43. The van der Waals surface area contributed by atoms with E-state index in [-0.39, 0.29) is 27.4 Å². The minimum atomic E-state index is -0.293. The molecule has 0 unspecified atom stereocenters. The molecule has 0 bridgehead atoms. The fraction of sp³-hybridized carbons (Fsp3) is 0.810. The van der Waals surface area contributed by atoms with Crippen LogP contribution in [-0.2, 0) is 9.59 Å². The van der Waals surface area contributed by atoms with Crippen molar-refractivity contribution in [3.63, 3.8) is 0 Å². The molecule has 2 saturated carbocycles. The molecule has 0 atom stereocenters. The smallest absolute Gasteiger partial charge is 0.185 e. The summed E-state index contributed by atoms with van der Waals surface area (Å²) in [5.41, 5.74) is 0.332. The molecule has 4 heteroatoms. The van der Waals surface area contributed by atoms with E-state index in [1.807, 2.05) is 27.7 Å². The molecule has 2 aliphatic rings. The first-order chi connectivity index (χ1) is 11.1. The molecule has 0 aromatic rings. The van der Waals surface area contributed by atoms with E-state index >= 15 is 0 Å². The molecule has 2 aliphatic carbocycles. The summed E-state index contributed by atoms with van der Waals surface area (Å²) in [5, 5.41) is 7.38. The summed E-state index contributed by atoms with van der Waals surface area (Å²) in [6.07, 6.45) is 4.89. The van der Waals surface area contributed by atoms with Gasteiger partial charge in [0.25, 0.3) is 0 Å². The quantitative estimate of drug-likeness (QED) is 0.480. The minimum Gasteiger partial charge on any atom is -0.299 e. The van der Waals surface area contributed by atoms with Crippen molar-refractivity contribution in [3.8, 4) is 0 Å². The lowest BCUT2D eigenvalue weighted by Gasteiger charge is -2.38. The van der Waals surface area contributed by atoms with Gasteiger partial charge in [-0.05, 0) is 31.1 Å². The summed E-state index contributed by atoms with van der Waals surface area (Å²) in [7, 11) is 0. The van der Waals surface area contributed by atoms with E-state index in [1.54, 1.807) is 0 Å². The molecule has 2 rings (SSSR count). The van der Waals surface area contributed by atoms with Gasteiger partial charge in [-0.1, -0.05) is 55.4 Å². The van der Waals surface area contributed by atoms with E-state index in [0.717, 1.165) is 25.7 Å². The van der Waals surface area contributed by atoms with Crippen LogP contribution in [0.3, 0.4) is 0 Å². The molecule has 0 heterocycles. The number of rotatable bonds is 1. The van der Waals surface area contributed by atoms with Crippen LogP contribution in [-0.4, -0.2) is 24.0 Å². The highest BCUT2D eigenvalue weighted by Crippen LogP contribution is 2.42. The molecule has 4 nitrogen and oxygen atoms in total. The summed E-state index contributed by atoms with van der Waals surface area (Å²) in [6, 6.07) is 0. The number of carbonyl (C=O) groups excluding carboxylic acids is 2. The number of Topliss-reactive ketones (excluding diaryl/α,β-unsaturated/α-hetero) is 2. The predicted octanol–water partition coefficient (Wildman–Crippen LogP) is 5.25. The van der Waals surface area contributed by atoms with Crippen LogP contribution in [0.15, 0.2) is 10.2 Å². The molecule has 0 saturated heterocycles. The van der Waals surface area contributed by atoms with Crippen molar-refractivity contribution in [3.05, 3.63) is 0 Å². The molecule has 0 radical (unpaired) electrons. The van der Waals surface area contributed by atoms with E-state index < -0.39 is 0 Å². The third-order valence-corrected chi connectivity index (χ3v) is 5.84. The normalized spacial score (nSPS) is 28.1. The zero-order chi connectivity index (χ0) is 19.7. The fourth-order valence-corrected chi connectivity index (χ4v) is 3.29. The Morgan fingerprint density at radius 2 is 1.24 bits per heavy atom. The lowest BCUT2D eigenvalue weighted by molar-refractivity contribution is -0.133. The molecule has 0 aromatic heterocycles. The largest absolute Gasteiger partial charge is 0.299 e. The molecular weight excluding hydrogens is 312 g/mol. The summed E-state index contributed by atoms with van der Waals surface area (Å²) < 4.78 is 0. The maximum atomic E-state index is 12.0. The van der Waals surface area contributed by atoms with Gasteiger partial charge in [0.05, 0.1) is 0 Å². The van der Waals surface area contributed by atoms with E-state index in [2.05, 4.69) is 44.6 Å². The van der Waals surface area contributed by atoms with E-state index in [1.165, 1.54) is 6.42 Å². The maximum Gasteiger partial charge on any atom is 0.185 e. The van der Waals surface area contributed by atoms with Crippen LogP contribution in [0.25, 0.3) is 0 Å². The highest BCUT2D eigenvalue weighted by atomic mass is 16.1. The van der Waals surface area contributed by atoms with Crippen molar-refractivity contribution in [1.82, 2.24) is 0 Å². The van der Waals surface area contributed by atoms with Crippen LogP contribution in [0.5, 0.6) is 0 Å².